The maximum absolute atomic E-state index is 5.44. The van der Waals surface area contributed by atoms with E-state index in [4.69, 9.17) is 9.47 Å². The first-order chi connectivity index (χ1) is 20.4. The molecule has 4 aromatic rings. The molecule has 0 heterocycles. The fourth-order valence-electron chi connectivity index (χ4n) is 8.49. The van der Waals surface area contributed by atoms with Gasteiger partial charge in [-0.1, -0.05) is 0 Å². The second-order valence-electron chi connectivity index (χ2n) is 13.2. The van der Waals surface area contributed by atoms with Crippen LogP contribution in [0, 0.1) is 0 Å². The minimum atomic E-state index is -3.93. The zero-order valence-electron chi connectivity index (χ0n) is 25.2. The summed E-state index contributed by atoms with van der Waals surface area (Å²) in [5.41, 5.74) is 11.1. The number of allylic oxidation sites excluding steroid dienone is 2. The zero-order valence-corrected chi connectivity index (χ0v) is 28.8. The number of methoxy groups -OCH3 is 2. The molecule has 0 radical (unpaired) electrons. The van der Waals surface area contributed by atoms with Crippen molar-refractivity contribution in [2.75, 3.05) is 14.2 Å². The third kappa shape index (κ3) is 4.19. The van der Waals surface area contributed by atoms with Crippen molar-refractivity contribution < 1.29 is 27.5 Å². The van der Waals surface area contributed by atoms with Crippen LogP contribution in [0.15, 0.2) is 97.1 Å². The van der Waals surface area contributed by atoms with E-state index in [1.165, 1.54) is 70.2 Å². The van der Waals surface area contributed by atoms with E-state index >= 15 is 0 Å². The quantitative estimate of drug-likeness (QED) is 0.185. The van der Waals surface area contributed by atoms with Crippen molar-refractivity contribution in [2.24, 2.45) is 0 Å². The zero-order chi connectivity index (χ0) is 28.9. The van der Waals surface area contributed by atoms with Gasteiger partial charge in [0, 0.05) is 0 Å². The predicted molar refractivity (Wildman–Crippen MR) is 176 cm³/mol. The molecule has 1 saturated carbocycles. The molecule has 0 N–H and O–H groups in total. The number of rotatable bonds is 6. The third-order valence-corrected chi connectivity index (χ3v) is 38.1. The van der Waals surface area contributed by atoms with Gasteiger partial charge in [-0.25, -0.2) is 0 Å². The van der Waals surface area contributed by atoms with E-state index in [1.807, 2.05) is 3.26 Å². The Bertz CT molecular complexity index is 1670. The Labute approximate surface area is 251 Å². The third-order valence-electron chi connectivity index (χ3n) is 10.9. The maximum atomic E-state index is 5.44. The van der Waals surface area contributed by atoms with E-state index < -0.39 is 18.0 Å². The van der Waals surface area contributed by atoms with Gasteiger partial charge in [-0.2, -0.15) is 0 Å². The first-order valence-electron chi connectivity index (χ1n) is 15.4. The molecule has 2 unspecified atom stereocenters. The van der Waals surface area contributed by atoms with Crippen molar-refractivity contribution in [2.45, 2.75) is 42.4 Å². The van der Waals surface area contributed by atoms with Crippen molar-refractivity contribution in [3.8, 4) is 33.8 Å². The van der Waals surface area contributed by atoms with Crippen LogP contribution in [0.5, 0.6) is 11.5 Å². The number of hydrogen-bond acceptors (Lipinski definition) is 2. The van der Waals surface area contributed by atoms with E-state index in [1.54, 1.807) is 14.2 Å². The van der Waals surface area contributed by atoms with Crippen molar-refractivity contribution in [3.63, 3.8) is 0 Å². The number of ether oxygens (including phenoxy) is 2. The van der Waals surface area contributed by atoms with Gasteiger partial charge in [0.1, 0.15) is 0 Å². The molecule has 2 atom stereocenters. The van der Waals surface area contributed by atoms with Crippen LogP contribution in [0.3, 0.4) is 0 Å². The molecular weight excluding hydrogens is 679 g/mol. The molecule has 0 aliphatic heterocycles. The molecular formula is C39H40HfO2. The van der Waals surface area contributed by atoms with Crippen LogP contribution in [0.1, 0.15) is 55.3 Å². The minimum absolute atomic E-state index is 0.494. The second-order valence-corrected chi connectivity index (χ2v) is 38.9. The van der Waals surface area contributed by atoms with E-state index in [2.05, 4.69) is 119 Å². The van der Waals surface area contributed by atoms with Crippen LogP contribution in [0.25, 0.3) is 34.4 Å². The fraction of sp³-hybridized carbons (Fsp3) is 0.256. The van der Waals surface area contributed by atoms with E-state index in [0.29, 0.717) is 7.35 Å². The van der Waals surface area contributed by atoms with Crippen molar-refractivity contribution in [1.82, 2.24) is 0 Å². The first kappa shape index (κ1) is 27.5. The monoisotopic (exact) mass is 720 g/mol. The molecule has 0 spiro atoms. The van der Waals surface area contributed by atoms with Gasteiger partial charge in [-0.05, 0) is 0 Å². The Hall–Kier alpha value is -3.30. The average molecular weight is 719 g/mol. The van der Waals surface area contributed by atoms with Crippen LogP contribution >= 0.6 is 0 Å². The van der Waals surface area contributed by atoms with Crippen LogP contribution in [-0.4, -0.2) is 17.5 Å². The summed E-state index contributed by atoms with van der Waals surface area (Å²) in [4.78, 5) is 0. The topological polar surface area (TPSA) is 18.5 Å². The van der Waals surface area contributed by atoms with Gasteiger partial charge in [0.25, 0.3) is 0 Å². The van der Waals surface area contributed by atoms with Gasteiger partial charge in [-0.15, -0.1) is 0 Å². The summed E-state index contributed by atoms with van der Waals surface area (Å²) in [7, 11) is 3.46. The van der Waals surface area contributed by atoms with Gasteiger partial charge >= 0.3 is 253 Å². The summed E-state index contributed by atoms with van der Waals surface area (Å²) in [6, 6.07) is 31.1. The van der Waals surface area contributed by atoms with Crippen molar-refractivity contribution >= 4 is 15.4 Å². The summed E-state index contributed by atoms with van der Waals surface area (Å²) in [5, 5.41) is 0. The van der Waals surface area contributed by atoms with Crippen LogP contribution in [0.2, 0.25) is 9.36 Å². The average Bonchev–Trinajstić information content (AvgIpc) is 3.82. The van der Waals surface area contributed by atoms with Crippen molar-refractivity contribution in [1.29, 1.82) is 0 Å². The molecule has 3 aliphatic carbocycles. The summed E-state index contributed by atoms with van der Waals surface area (Å²) < 4.78 is 19.4. The van der Waals surface area contributed by atoms with Crippen LogP contribution in [0.4, 0.5) is 0 Å². The van der Waals surface area contributed by atoms with Gasteiger partial charge in [-0.3, -0.25) is 0 Å². The number of hydrogen-bond donors (Lipinski definition) is 0. The van der Waals surface area contributed by atoms with E-state index in [9.17, 15) is 0 Å². The van der Waals surface area contributed by atoms with E-state index in [-0.39, 0.29) is 0 Å². The molecule has 4 aromatic carbocycles. The predicted octanol–water partition coefficient (Wildman–Crippen LogP) is 10.4. The molecule has 0 saturated heterocycles. The number of benzene rings is 4. The van der Waals surface area contributed by atoms with Crippen LogP contribution < -0.4 is 9.47 Å². The van der Waals surface area contributed by atoms with Gasteiger partial charge in [0.2, 0.25) is 0 Å². The molecule has 1 fully saturated rings. The molecule has 3 heteroatoms. The van der Waals surface area contributed by atoms with Gasteiger partial charge < -0.3 is 0 Å². The molecule has 7 rings (SSSR count). The van der Waals surface area contributed by atoms with Crippen molar-refractivity contribution in [3.05, 3.63) is 119 Å². The standard InChI is InChI=1S/2C16H13O.C5H8.2CH3.Hf/c2*1-17-14-10-8-13(9-11-14)16-7-3-5-12-4-2-6-15(12)16;1-2-4-5-3-1;;;/h2*2-11H,1H3;1-4H2;2*1H3;. The van der Waals surface area contributed by atoms with Crippen LogP contribution in [-0.2, 0) is 18.0 Å². The fourth-order valence-corrected chi connectivity index (χ4v) is 33.6. The molecule has 0 amide bonds. The second kappa shape index (κ2) is 10.5. The summed E-state index contributed by atoms with van der Waals surface area (Å²) >= 11 is -3.93. The molecule has 212 valence electrons. The molecule has 0 bridgehead atoms. The molecule has 42 heavy (non-hydrogen) atoms. The Kier molecular flexibility index (Phi) is 6.85. The Morgan fingerprint density at radius 1 is 0.571 bits per heavy atom. The first-order valence-corrected chi connectivity index (χ1v) is 28.5. The summed E-state index contributed by atoms with van der Waals surface area (Å²) in [6.45, 7) is 0. The Morgan fingerprint density at radius 2 is 1.00 bits per heavy atom. The van der Waals surface area contributed by atoms with Gasteiger partial charge in [0.05, 0.1) is 0 Å². The normalized spacial score (nSPS) is 19.2. The van der Waals surface area contributed by atoms with Gasteiger partial charge in [0.15, 0.2) is 0 Å². The Morgan fingerprint density at radius 3 is 1.40 bits per heavy atom. The summed E-state index contributed by atoms with van der Waals surface area (Å²) in [5.74, 6) is 1.80. The van der Waals surface area contributed by atoms with E-state index in [0.717, 1.165) is 11.5 Å². The summed E-state index contributed by atoms with van der Waals surface area (Å²) in [6.07, 6.45) is 15.4. The number of fused-ring (bicyclic) bond motifs is 2. The SMILES string of the molecule is COc1ccc(-c2cccc3c2C=C[CH]3[Hf]([CH3])([CH3])(=[C]2CCCC2)[CH]2C=Cc3c(-c4ccc(OC)cc4)cccc32)cc1. The molecule has 0 aromatic heterocycles. The Balaban J connectivity index is 1.37. The molecule has 2 nitrogen and oxygen atoms in total. The molecule has 3 aliphatic rings.